The minimum absolute atomic E-state index is 0.133. The molecule has 11 nitrogen and oxygen atoms in total. The number of nitrogens with zero attached hydrogens (tertiary/aromatic N) is 2. The van der Waals surface area contributed by atoms with E-state index in [2.05, 4.69) is 10.4 Å². The highest BCUT2D eigenvalue weighted by Gasteiger charge is 2.31. The van der Waals surface area contributed by atoms with E-state index < -0.39 is 38.1 Å². The highest BCUT2D eigenvalue weighted by molar-refractivity contribution is 7.92. The zero-order valence-electron chi connectivity index (χ0n) is 19.9. The molecule has 208 valence electrons. The van der Waals surface area contributed by atoms with Crippen molar-refractivity contribution in [1.29, 1.82) is 0 Å². The molecule has 4 aromatic rings. The Morgan fingerprint density at radius 2 is 1.52 bits per heavy atom. The van der Waals surface area contributed by atoms with Crippen LogP contribution in [0.25, 0.3) is 5.69 Å². The second kappa shape index (κ2) is 11.1. The number of H-pyrrole nitrogens is 1. The Morgan fingerprint density at radius 1 is 0.900 bits per heavy atom. The Labute approximate surface area is 246 Å². The number of carbonyl (C=O) groups is 2. The summed E-state index contributed by atoms with van der Waals surface area (Å²) in [6, 6.07) is 11.1. The van der Waals surface area contributed by atoms with Gasteiger partial charge in [-0.2, -0.15) is 0 Å². The molecule has 0 bridgehead atoms. The number of carboxylic acids is 2. The van der Waals surface area contributed by atoms with Crippen LogP contribution in [-0.4, -0.2) is 47.4 Å². The number of aromatic nitrogens is 2. The molecule has 40 heavy (non-hydrogen) atoms. The van der Waals surface area contributed by atoms with Crippen LogP contribution in [0.2, 0.25) is 20.1 Å². The van der Waals surface area contributed by atoms with Gasteiger partial charge in [0.1, 0.15) is 5.69 Å². The maximum Gasteiger partial charge on any atom is 0.335 e. The maximum atomic E-state index is 13.7. The number of hydrogen-bond acceptors (Lipinski definition) is 6. The van der Waals surface area contributed by atoms with E-state index in [-0.39, 0.29) is 43.4 Å². The van der Waals surface area contributed by atoms with Gasteiger partial charge in [0.2, 0.25) is 0 Å². The van der Waals surface area contributed by atoms with Crippen molar-refractivity contribution in [3.8, 4) is 5.69 Å². The zero-order chi connectivity index (χ0) is 29.5. The molecular formula is C24H16Cl4N4O7S. The van der Waals surface area contributed by atoms with Crippen molar-refractivity contribution >= 4 is 85.6 Å². The molecule has 0 aliphatic rings. The quantitative estimate of drug-likeness (QED) is 0.188. The molecule has 0 saturated heterocycles. The molecule has 3 aromatic carbocycles. The second-order valence-electron chi connectivity index (χ2n) is 8.12. The SMILES string of the molecule is CN(c1c(Nc2ccc(Cl)cc2Cl)[nH]n(-c2c(Cl)cc(C(=O)O)cc2Cl)c1=O)S(=O)(=O)c1cccc(C(=O)O)c1. The minimum Gasteiger partial charge on any atom is -0.478 e. The summed E-state index contributed by atoms with van der Waals surface area (Å²) in [5, 5.41) is 24.2. The van der Waals surface area contributed by atoms with E-state index in [1.54, 1.807) is 0 Å². The number of carboxylic acid groups (broad SMARTS) is 2. The van der Waals surface area contributed by atoms with E-state index in [4.69, 9.17) is 46.4 Å². The van der Waals surface area contributed by atoms with Crippen molar-refractivity contribution in [2.45, 2.75) is 4.90 Å². The van der Waals surface area contributed by atoms with Crippen LogP contribution in [-0.2, 0) is 10.0 Å². The van der Waals surface area contributed by atoms with Gasteiger partial charge >= 0.3 is 11.9 Å². The molecule has 16 heteroatoms. The molecular weight excluding hydrogens is 630 g/mol. The molecule has 0 unspecified atom stereocenters. The van der Waals surface area contributed by atoms with Gasteiger partial charge in [0.15, 0.2) is 11.5 Å². The molecule has 0 aliphatic carbocycles. The number of halogens is 4. The molecule has 0 aliphatic heterocycles. The van der Waals surface area contributed by atoms with Crippen molar-refractivity contribution in [2.75, 3.05) is 16.7 Å². The van der Waals surface area contributed by atoms with Gasteiger partial charge < -0.3 is 15.5 Å². The fourth-order valence-electron chi connectivity index (χ4n) is 3.66. The summed E-state index contributed by atoms with van der Waals surface area (Å²) < 4.78 is 28.6. The van der Waals surface area contributed by atoms with Crippen molar-refractivity contribution in [3.05, 3.63) is 96.2 Å². The van der Waals surface area contributed by atoms with Crippen LogP contribution in [0.3, 0.4) is 0 Å². The fourth-order valence-corrected chi connectivity index (χ4v) is 6.03. The molecule has 0 amide bonds. The largest absolute Gasteiger partial charge is 0.478 e. The number of nitrogens with one attached hydrogen (secondary N) is 2. The van der Waals surface area contributed by atoms with Gasteiger partial charge in [0.05, 0.1) is 36.8 Å². The Kier molecular flexibility index (Phi) is 8.11. The lowest BCUT2D eigenvalue weighted by Crippen LogP contribution is -2.32. The average Bonchev–Trinajstić information content (AvgIpc) is 3.19. The van der Waals surface area contributed by atoms with Crippen LogP contribution in [0.1, 0.15) is 20.7 Å². The summed E-state index contributed by atoms with van der Waals surface area (Å²) in [5.74, 6) is -2.84. The highest BCUT2D eigenvalue weighted by Crippen LogP contribution is 2.35. The predicted molar refractivity (Wildman–Crippen MR) is 152 cm³/mol. The molecule has 1 heterocycles. The number of benzene rings is 3. The van der Waals surface area contributed by atoms with E-state index in [1.165, 1.54) is 36.4 Å². The van der Waals surface area contributed by atoms with E-state index in [9.17, 15) is 33.0 Å². The number of sulfonamides is 1. The summed E-state index contributed by atoms with van der Waals surface area (Å²) in [7, 11) is -3.42. The molecule has 0 spiro atoms. The highest BCUT2D eigenvalue weighted by atomic mass is 35.5. The number of anilines is 3. The minimum atomic E-state index is -4.51. The topological polar surface area (TPSA) is 162 Å². The van der Waals surface area contributed by atoms with Crippen LogP contribution in [0, 0.1) is 0 Å². The predicted octanol–water partition coefficient (Wildman–Crippen LogP) is 5.74. The van der Waals surface area contributed by atoms with Gasteiger partial charge in [-0.05, 0) is 48.5 Å². The summed E-state index contributed by atoms with van der Waals surface area (Å²) in [6.07, 6.45) is 0. The summed E-state index contributed by atoms with van der Waals surface area (Å²) in [6.45, 7) is 0. The monoisotopic (exact) mass is 644 g/mol. The van der Waals surface area contributed by atoms with Gasteiger partial charge in [-0.3, -0.25) is 14.2 Å². The first kappa shape index (κ1) is 29.3. The van der Waals surface area contributed by atoms with Gasteiger partial charge in [0.25, 0.3) is 15.6 Å². The number of hydrogen-bond donors (Lipinski definition) is 4. The third-order valence-electron chi connectivity index (χ3n) is 5.60. The first-order valence-electron chi connectivity index (χ1n) is 10.8. The molecule has 1 aromatic heterocycles. The van der Waals surface area contributed by atoms with Crippen LogP contribution in [0.4, 0.5) is 17.2 Å². The lowest BCUT2D eigenvalue weighted by atomic mass is 10.2. The molecule has 4 rings (SSSR count). The van der Waals surface area contributed by atoms with Gasteiger partial charge in [-0.15, -0.1) is 0 Å². The molecule has 0 fully saturated rings. The number of rotatable bonds is 8. The van der Waals surface area contributed by atoms with Crippen LogP contribution in [0.15, 0.2) is 64.3 Å². The van der Waals surface area contributed by atoms with E-state index in [1.807, 2.05) is 0 Å². The maximum absolute atomic E-state index is 13.7. The Morgan fingerprint density at radius 3 is 2.10 bits per heavy atom. The zero-order valence-corrected chi connectivity index (χ0v) is 23.8. The standard InChI is InChI=1S/C24H16Cl4N4O7S/c1-31(40(38,39)14-4-2-3-11(7-14)23(34)35)20-21(29-18-6-5-13(25)10-15(18)26)30-32(22(20)33)19-16(27)8-12(24(36)37)9-17(19)28/h2-10,29-30H,1H3,(H,34,35)(H,36,37). The Balaban J connectivity index is 1.95. The van der Waals surface area contributed by atoms with Crippen molar-refractivity contribution < 1.29 is 28.2 Å². The van der Waals surface area contributed by atoms with Gasteiger partial charge in [-0.25, -0.2) is 22.7 Å². The van der Waals surface area contributed by atoms with Crippen LogP contribution < -0.4 is 15.2 Å². The Bertz CT molecular complexity index is 1830. The van der Waals surface area contributed by atoms with E-state index in [0.717, 1.165) is 29.9 Å². The van der Waals surface area contributed by atoms with Crippen molar-refractivity contribution in [1.82, 2.24) is 9.78 Å². The molecule has 0 saturated carbocycles. The van der Waals surface area contributed by atoms with Gasteiger partial charge in [-0.1, -0.05) is 52.5 Å². The summed E-state index contributed by atoms with van der Waals surface area (Å²) in [5.41, 5.74) is -1.88. The van der Waals surface area contributed by atoms with E-state index >= 15 is 0 Å². The van der Waals surface area contributed by atoms with Crippen molar-refractivity contribution in [2.24, 2.45) is 0 Å². The van der Waals surface area contributed by atoms with E-state index in [0.29, 0.717) is 9.33 Å². The average molecular weight is 646 g/mol. The van der Waals surface area contributed by atoms with Gasteiger partial charge in [0, 0.05) is 12.1 Å². The number of aromatic amines is 1. The van der Waals surface area contributed by atoms with Crippen LogP contribution in [0.5, 0.6) is 0 Å². The lowest BCUT2D eigenvalue weighted by molar-refractivity contribution is 0.0686. The molecule has 0 atom stereocenters. The summed E-state index contributed by atoms with van der Waals surface area (Å²) in [4.78, 5) is 36.2. The Hall–Kier alpha value is -3.68. The normalized spacial score (nSPS) is 11.3. The first-order chi connectivity index (χ1) is 18.7. The second-order valence-corrected chi connectivity index (χ2v) is 11.8. The van der Waals surface area contributed by atoms with Crippen molar-refractivity contribution in [3.63, 3.8) is 0 Å². The number of aromatic carboxylic acids is 2. The molecule has 4 N–H and O–H groups in total. The molecule has 0 radical (unpaired) electrons. The van der Waals surface area contributed by atoms with Crippen LogP contribution >= 0.6 is 46.4 Å². The lowest BCUT2D eigenvalue weighted by Gasteiger charge is -2.19. The summed E-state index contributed by atoms with van der Waals surface area (Å²) >= 11 is 24.8. The first-order valence-corrected chi connectivity index (χ1v) is 13.8. The smallest absolute Gasteiger partial charge is 0.335 e. The fraction of sp³-hybridized carbons (Fsp3) is 0.0417. The third-order valence-corrected chi connectivity index (χ3v) is 8.48. The third kappa shape index (κ3) is 5.49.